The zero-order valence-corrected chi connectivity index (χ0v) is 18.5. The Morgan fingerprint density at radius 3 is 2.52 bits per heavy atom. The van der Waals surface area contributed by atoms with Crippen molar-refractivity contribution < 1.29 is 26.7 Å². The molecule has 2 N–H and O–H groups in total. The lowest BCUT2D eigenvalue weighted by Crippen LogP contribution is -2.45. The Labute approximate surface area is 188 Å². The average molecular weight is 471 g/mol. The van der Waals surface area contributed by atoms with Gasteiger partial charge < -0.3 is 10.6 Å². The van der Waals surface area contributed by atoms with Gasteiger partial charge in [0.25, 0.3) is 5.91 Å². The first-order valence-corrected chi connectivity index (χ1v) is 10.6. The molecular formula is C22H26F5N5O. The number of nitrogens with one attached hydrogen (secondary N) is 2. The second kappa shape index (κ2) is 9.98. The predicted octanol–water partition coefficient (Wildman–Crippen LogP) is 4.96. The summed E-state index contributed by atoms with van der Waals surface area (Å²) in [5.74, 6) is -1.16. The predicted molar refractivity (Wildman–Crippen MR) is 115 cm³/mol. The van der Waals surface area contributed by atoms with Gasteiger partial charge in [-0.25, -0.2) is 0 Å². The Morgan fingerprint density at radius 2 is 1.91 bits per heavy atom. The zero-order chi connectivity index (χ0) is 24.3. The Hall–Kier alpha value is -2.82. The van der Waals surface area contributed by atoms with Gasteiger partial charge in [0.1, 0.15) is 0 Å². The summed E-state index contributed by atoms with van der Waals surface area (Å²) in [6.07, 6.45) is -6.08. The summed E-state index contributed by atoms with van der Waals surface area (Å²) in [4.78, 5) is 13.8. The molecule has 0 unspecified atom stereocenters. The molecule has 2 heterocycles. The minimum absolute atomic E-state index is 0.0581. The molecule has 1 aliphatic rings. The number of benzene rings is 1. The van der Waals surface area contributed by atoms with Crippen LogP contribution in [0.4, 0.5) is 33.5 Å². The van der Waals surface area contributed by atoms with Crippen LogP contribution in [0.2, 0.25) is 0 Å². The average Bonchev–Trinajstić information content (AvgIpc) is 2.74. The molecule has 1 aliphatic heterocycles. The lowest BCUT2D eigenvalue weighted by molar-refractivity contribution is -0.137. The Balaban J connectivity index is 1.88. The number of hydrogen-bond donors (Lipinski definition) is 2. The van der Waals surface area contributed by atoms with Crippen LogP contribution in [0.5, 0.6) is 0 Å². The maximum absolute atomic E-state index is 13.1. The topological polar surface area (TPSA) is 70.1 Å². The second-order valence-electron chi connectivity index (χ2n) is 8.38. The summed E-state index contributed by atoms with van der Waals surface area (Å²) >= 11 is 0. The van der Waals surface area contributed by atoms with Crippen molar-refractivity contribution in [1.82, 2.24) is 15.1 Å². The summed E-state index contributed by atoms with van der Waals surface area (Å²) in [7, 11) is 0. The normalized spacial score (nSPS) is 17.5. The number of carbonyl (C=O) groups is 1. The van der Waals surface area contributed by atoms with Crippen molar-refractivity contribution in [3.05, 3.63) is 35.4 Å². The number of anilines is 2. The molecule has 0 saturated carbocycles. The zero-order valence-electron chi connectivity index (χ0n) is 18.5. The number of halogens is 5. The first kappa shape index (κ1) is 24.8. The minimum Gasteiger partial charge on any atom is -0.364 e. The lowest BCUT2D eigenvalue weighted by Gasteiger charge is -2.36. The van der Waals surface area contributed by atoms with E-state index in [4.69, 9.17) is 0 Å². The Bertz CT molecular complexity index is 996. The van der Waals surface area contributed by atoms with E-state index in [1.807, 2.05) is 5.32 Å². The number of alkyl halides is 5. The van der Waals surface area contributed by atoms with Gasteiger partial charge in [-0.05, 0) is 63.9 Å². The van der Waals surface area contributed by atoms with Gasteiger partial charge in [-0.15, -0.1) is 10.2 Å². The number of likely N-dealkylation sites (tertiary alicyclic amines) is 1. The van der Waals surface area contributed by atoms with E-state index in [0.717, 1.165) is 38.1 Å². The van der Waals surface area contributed by atoms with Gasteiger partial charge >= 0.3 is 12.6 Å². The highest BCUT2D eigenvalue weighted by Crippen LogP contribution is 2.36. The van der Waals surface area contributed by atoms with E-state index in [2.05, 4.69) is 34.3 Å². The SMILES string of the molecule is Cc1cc(-c2ccc(C(F)(F)F)cc2NC(=O)C(F)F)nnc1N[C@@H]1CCCN(C(C)C)C1. The van der Waals surface area contributed by atoms with E-state index in [-0.39, 0.29) is 17.3 Å². The molecule has 1 amide bonds. The quantitative estimate of drug-likeness (QED) is 0.583. The summed E-state index contributed by atoms with van der Waals surface area (Å²) < 4.78 is 64.8. The summed E-state index contributed by atoms with van der Waals surface area (Å²) in [6, 6.07) is 4.69. The number of carbonyl (C=O) groups excluding carboxylic acids is 1. The van der Waals surface area contributed by atoms with Crippen molar-refractivity contribution in [3.63, 3.8) is 0 Å². The van der Waals surface area contributed by atoms with E-state index >= 15 is 0 Å². The number of aromatic nitrogens is 2. The van der Waals surface area contributed by atoms with Crippen LogP contribution in [-0.2, 0) is 11.0 Å². The van der Waals surface area contributed by atoms with Gasteiger partial charge in [0, 0.05) is 24.2 Å². The van der Waals surface area contributed by atoms with E-state index < -0.39 is 29.8 Å². The molecule has 2 aromatic rings. The molecule has 33 heavy (non-hydrogen) atoms. The van der Waals surface area contributed by atoms with Crippen molar-refractivity contribution in [3.8, 4) is 11.3 Å². The van der Waals surface area contributed by atoms with Gasteiger partial charge in [0.05, 0.1) is 16.9 Å². The molecule has 1 aromatic carbocycles. The number of nitrogens with zero attached hydrogens (tertiary/aromatic N) is 3. The fraction of sp³-hybridized carbons (Fsp3) is 0.500. The standard InChI is InChI=1S/C22H26F5N5O/c1-12(2)32-8-4-5-15(11-32)28-20-13(3)9-18(30-31-20)16-7-6-14(22(25,26)27)10-17(16)29-21(33)19(23)24/h6-7,9-10,12,15,19H,4-5,8,11H2,1-3H3,(H,28,31)(H,29,33)/t15-/m1/s1. The smallest absolute Gasteiger partial charge is 0.364 e. The third-order valence-corrected chi connectivity index (χ3v) is 5.59. The van der Waals surface area contributed by atoms with Crippen molar-refractivity contribution in [1.29, 1.82) is 0 Å². The second-order valence-corrected chi connectivity index (χ2v) is 8.38. The van der Waals surface area contributed by atoms with Crippen LogP contribution in [0.1, 0.15) is 37.8 Å². The van der Waals surface area contributed by atoms with Crippen LogP contribution in [0.15, 0.2) is 24.3 Å². The molecule has 1 fully saturated rings. The maximum atomic E-state index is 13.1. The fourth-order valence-corrected chi connectivity index (χ4v) is 3.78. The summed E-state index contributed by atoms with van der Waals surface area (Å²) in [5, 5.41) is 13.5. The molecule has 1 saturated heterocycles. The third-order valence-electron chi connectivity index (χ3n) is 5.59. The van der Waals surface area contributed by atoms with E-state index in [9.17, 15) is 26.7 Å². The molecule has 0 radical (unpaired) electrons. The van der Waals surface area contributed by atoms with Gasteiger partial charge in [-0.2, -0.15) is 22.0 Å². The molecule has 1 aromatic heterocycles. The monoisotopic (exact) mass is 471 g/mol. The van der Waals surface area contributed by atoms with E-state index in [0.29, 0.717) is 23.5 Å². The number of rotatable bonds is 6. The Kier molecular flexibility index (Phi) is 7.51. The first-order chi connectivity index (χ1) is 15.5. The summed E-state index contributed by atoms with van der Waals surface area (Å²) in [6.45, 7) is 7.92. The summed E-state index contributed by atoms with van der Waals surface area (Å²) in [5.41, 5.74) is -0.588. The molecule has 0 aliphatic carbocycles. The minimum atomic E-state index is -4.71. The molecule has 11 heteroatoms. The van der Waals surface area contributed by atoms with Crippen molar-refractivity contribution in [2.45, 2.75) is 58.3 Å². The highest BCUT2D eigenvalue weighted by atomic mass is 19.4. The number of aryl methyl sites for hydroxylation is 1. The van der Waals surface area contributed by atoms with Crippen molar-refractivity contribution in [2.75, 3.05) is 23.7 Å². The van der Waals surface area contributed by atoms with Crippen molar-refractivity contribution in [2.24, 2.45) is 0 Å². The Morgan fingerprint density at radius 1 is 1.18 bits per heavy atom. The van der Waals surface area contributed by atoms with E-state index in [1.165, 1.54) is 0 Å². The van der Waals surface area contributed by atoms with E-state index in [1.54, 1.807) is 13.0 Å². The molecule has 0 bridgehead atoms. The van der Waals surface area contributed by atoms with Crippen LogP contribution in [0.25, 0.3) is 11.3 Å². The lowest BCUT2D eigenvalue weighted by atomic mass is 10.0. The maximum Gasteiger partial charge on any atom is 0.416 e. The van der Waals surface area contributed by atoms with Gasteiger partial charge in [-0.3, -0.25) is 9.69 Å². The van der Waals surface area contributed by atoms with Crippen LogP contribution in [-0.4, -0.2) is 52.6 Å². The molecule has 1 atom stereocenters. The molecule has 6 nitrogen and oxygen atoms in total. The third kappa shape index (κ3) is 6.16. The van der Waals surface area contributed by atoms with Gasteiger partial charge in [-0.1, -0.05) is 6.07 Å². The molecule has 180 valence electrons. The molecular weight excluding hydrogens is 445 g/mol. The van der Waals surface area contributed by atoms with Crippen LogP contribution in [0, 0.1) is 6.92 Å². The molecule has 3 rings (SSSR count). The largest absolute Gasteiger partial charge is 0.416 e. The van der Waals surface area contributed by atoms with Gasteiger partial charge in [0.15, 0.2) is 5.82 Å². The van der Waals surface area contributed by atoms with Crippen LogP contribution >= 0.6 is 0 Å². The van der Waals surface area contributed by atoms with Crippen LogP contribution in [0.3, 0.4) is 0 Å². The van der Waals surface area contributed by atoms with Crippen molar-refractivity contribution >= 4 is 17.4 Å². The van der Waals surface area contributed by atoms with Crippen LogP contribution < -0.4 is 10.6 Å². The first-order valence-electron chi connectivity index (χ1n) is 10.6. The van der Waals surface area contributed by atoms with Gasteiger partial charge in [0.2, 0.25) is 0 Å². The highest BCUT2D eigenvalue weighted by Gasteiger charge is 2.32. The number of piperidine rings is 1. The molecule has 0 spiro atoms. The highest BCUT2D eigenvalue weighted by molar-refractivity contribution is 5.97. The number of amides is 1. The number of hydrogen-bond acceptors (Lipinski definition) is 5. The fourth-order valence-electron chi connectivity index (χ4n) is 3.78.